The summed E-state index contributed by atoms with van der Waals surface area (Å²) in [4.78, 5) is 27.0. The molecular weight excluding hydrogens is 693 g/mol. The second-order valence-corrected chi connectivity index (χ2v) is 11.7. The lowest BCUT2D eigenvalue weighted by atomic mass is 10.2. The number of thioether (sulfide) groups is 1. The van der Waals surface area contributed by atoms with Gasteiger partial charge in [-0.3, -0.25) is 14.5 Å². The molecule has 34 heavy (non-hydrogen) atoms. The highest BCUT2D eigenvalue weighted by atomic mass is 79.9. The molecule has 0 unspecified atom stereocenters. The van der Waals surface area contributed by atoms with E-state index in [0.717, 1.165) is 32.9 Å². The summed E-state index contributed by atoms with van der Waals surface area (Å²) in [5, 5.41) is 0.786. The topological polar surface area (TPSA) is 46.6 Å². The molecular formula is C24H14Br3Cl2NO3S. The molecule has 0 aliphatic carbocycles. The highest BCUT2D eigenvalue weighted by Gasteiger charge is 2.35. The molecule has 0 spiro atoms. The van der Waals surface area contributed by atoms with Crippen molar-refractivity contribution in [2.75, 3.05) is 0 Å². The number of halogens is 5. The molecule has 0 radical (unpaired) electrons. The van der Waals surface area contributed by atoms with Crippen LogP contribution >= 0.6 is 82.8 Å². The fourth-order valence-corrected chi connectivity index (χ4v) is 6.17. The van der Waals surface area contributed by atoms with E-state index in [0.29, 0.717) is 29.6 Å². The number of carbonyl (C=O) groups excluding carboxylic acids is 2. The lowest BCUT2D eigenvalue weighted by Crippen LogP contribution is -2.27. The van der Waals surface area contributed by atoms with Crippen LogP contribution in [0.3, 0.4) is 0 Å². The van der Waals surface area contributed by atoms with Crippen molar-refractivity contribution >= 4 is 100.0 Å². The normalized spacial score (nSPS) is 14.9. The zero-order valence-electron chi connectivity index (χ0n) is 17.2. The van der Waals surface area contributed by atoms with Gasteiger partial charge in [-0.2, -0.15) is 0 Å². The Labute approximate surface area is 236 Å². The second kappa shape index (κ2) is 11.2. The number of nitrogens with zero attached hydrogens (tertiary/aromatic N) is 1. The first-order valence-electron chi connectivity index (χ1n) is 9.77. The van der Waals surface area contributed by atoms with Crippen LogP contribution in [0.4, 0.5) is 4.79 Å². The maximum atomic E-state index is 12.9. The molecule has 10 heteroatoms. The Balaban J connectivity index is 1.50. The molecule has 174 valence electrons. The lowest BCUT2D eigenvalue weighted by Gasteiger charge is -2.13. The van der Waals surface area contributed by atoms with Crippen molar-refractivity contribution in [2.45, 2.75) is 13.2 Å². The van der Waals surface area contributed by atoms with Crippen LogP contribution in [0.5, 0.6) is 5.75 Å². The molecule has 0 aromatic heterocycles. The maximum Gasteiger partial charge on any atom is 0.293 e. The van der Waals surface area contributed by atoms with E-state index in [2.05, 4.69) is 47.8 Å². The summed E-state index contributed by atoms with van der Waals surface area (Å²) in [5.41, 5.74) is 2.41. The number of amides is 2. The zero-order valence-corrected chi connectivity index (χ0v) is 24.2. The Bertz CT molecular complexity index is 1290. The molecule has 1 heterocycles. The first kappa shape index (κ1) is 25.8. The van der Waals surface area contributed by atoms with Gasteiger partial charge >= 0.3 is 0 Å². The molecule has 4 rings (SSSR count). The Morgan fingerprint density at radius 1 is 0.941 bits per heavy atom. The van der Waals surface area contributed by atoms with Gasteiger partial charge in [0.05, 0.1) is 20.4 Å². The van der Waals surface area contributed by atoms with E-state index < -0.39 is 0 Å². The van der Waals surface area contributed by atoms with E-state index in [1.807, 2.05) is 42.5 Å². The van der Waals surface area contributed by atoms with Gasteiger partial charge in [0.2, 0.25) is 0 Å². The maximum absolute atomic E-state index is 12.9. The van der Waals surface area contributed by atoms with Crippen LogP contribution in [0.15, 0.2) is 72.9 Å². The number of rotatable bonds is 6. The first-order chi connectivity index (χ1) is 16.2. The molecule has 0 saturated carbocycles. The minimum absolute atomic E-state index is 0.225. The Hall–Kier alpha value is -1.29. The van der Waals surface area contributed by atoms with Gasteiger partial charge in [0.15, 0.2) is 0 Å². The number of imide groups is 1. The lowest BCUT2D eigenvalue weighted by molar-refractivity contribution is -0.123. The molecule has 1 saturated heterocycles. The minimum atomic E-state index is -0.317. The van der Waals surface area contributed by atoms with Crippen LogP contribution in [0.1, 0.15) is 16.7 Å². The predicted molar refractivity (Wildman–Crippen MR) is 148 cm³/mol. The monoisotopic (exact) mass is 703 g/mol. The van der Waals surface area contributed by atoms with Crippen LogP contribution in [0, 0.1) is 0 Å². The number of hydrogen-bond acceptors (Lipinski definition) is 4. The van der Waals surface area contributed by atoms with E-state index in [9.17, 15) is 9.59 Å². The van der Waals surface area contributed by atoms with E-state index >= 15 is 0 Å². The van der Waals surface area contributed by atoms with Crippen LogP contribution in [-0.4, -0.2) is 16.0 Å². The number of carbonyl (C=O) groups is 2. The Kier molecular flexibility index (Phi) is 8.48. The molecule has 0 bridgehead atoms. The standard InChI is InChI=1S/C24H14Br3Cl2NO3S/c25-16-4-1-13(2-5-16)11-30-23(31)21(34-24(30)32)9-14-7-18(26)22(19(27)8-14)33-12-15-3-6-17(28)10-20(15)29/h1-10H,11-12H2/b21-9-. The molecule has 4 nitrogen and oxygen atoms in total. The molecule has 0 atom stereocenters. The van der Waals surface area contributed by atoms with Gasteiger partial charge in [0, 0.05) is 20.1 Å². The average molecular weight is 707 g/mol. The largest absolute Gasteiger partial charge is 0.486 e. The van der Waals surface area contributed by atoms with Gasteiger partial charge < -0.3 is 4.74 Å². The summed E-state index contributed by atoms with van der Waals surface area (Å²) < 4.78 is 8.26. The molecule has 2 amide bonds. The van der Waals surface area contributed by atoms with Crippen molar-refractivity contribution in [1.82, 2.24) is 4.90 Å². The van der Waals surface area contributed by atoms with Crippen molar-refractivity contribution < 1.29 is 14.3 Å². The fourth-order valence-electron chi connectivity index (χ4n) is 3.15. The molecule has 1 fully saturated rings. The SMILES string of the molecule is O=C1S/C(=C\c2cc(Br)c(OCc3ccc(Cl)cc3Cl)c(Br)c2)C(=O)N1Cc1ccc(Br)cc1. The highest BCUT2D eigenvalue weighted by Crippen LogP contribution is 2.38. The summed E-state index contributed by atoms with van der Waals surface area (Å²) >= 11 is 23.5. The predicted octanol–water partition coefficient (Wildman–Crippen LogP) is 9.10. The average Bonchev–Trinajstić information content (AvgIpc) is 3.03. The van der Waals surface area contributed by atoms with Crippen molar-refractivity contribution in [2.24, 2.45) is 0 Å². The first-order valence-corrected chi connectivity index (χ1v) is 13.7. The molecule has 1 aliphatic rings. The van der Waals surface area contributed by atoms with Gasteiger partial charge in [0.1, 0.15) is 12.4 Å². The molecule has 0 N–H and O–H groups in total. The van der Waals surface area contributed by atoms with Gasteiger partial charge in [-0.05, 0) is 97.2 Å². The molecule has 3 aromatic rings. The van der Waals surface area contributed by atoms with Crippen LogP contribution in [-0.2, 0) is 17.9 Å². The van der Waals surface area contributed by atoms with Crippen molar-refractivity contribution in [3.05, 3.63) is 99.7 Å². The Morgan fingerprint density at radius 2 is 1.62 bits per heavy atom. The van der Waals surface area contributed by atoms with Crippen molar-refractivity contribution in [3.8, 4) is 5.75 Å². The van der Waals surface area contributed by atoms with E-state index in [1.165, 1.54) is 4.90 Å². The van der Waals surface area contributed by atoms with Gasteiger partial charge in [-0.15, -0.1) is 0 Å². The van der Waals surface area contributed by atoms with E-state index in [4.69, 9.17) is 27.9 Å². The van der Waals surface area contributed by atoms with E-state index in [-0.39, 0.29) is 24.3 Å². The zero-order chi connectivity index (χ0) is 24.4. The number of benzene rings is 3. The summed E-state index contributed by atoms with van der Waals surface area (Å²) in [6, 6.07) is 16.4. The van der Waals surface area contributed by atoms with E-state index in [1.54, 1.807) is 18.2 Å². The summed E-state index contributed by atoms with van der Waals surface area (Å²) in [6.45, 7) is 0.476. The van der Waals surface area contributed by atoms with Crippen molar-refractivity contribution in [3.63, 3.8) is 0 Å². The van der Waals surface area contributed by atoms with Crippen LogP contribution < -0.4 is 4.74 Å². The quantitative estimate of drug-likeness (QED) is 0.240. The van der Waals surface area contributed by atoms with Crippen LogP contribution in [0.25, 0.3) is 6.08 Å². The Morgan fingerprint density at radius 3 is 2.26 bits per heavy atom. The fraction of sp³-hybridized carbons (Fsp3) is 0.0833. The highest BCUT2D eigenvalue weighted by molar-refractivity contribution is 9.11. The third kappa shape index (κ3) is 6.09. The third-order valence-electron chi connectivity index (χ3n) is 4.83. The van der Waals surface area contributed by atoms with Gasteiger partial charge in [-0.1, -0.05) is 57.3 Å². The number of hydrogen-bond donors (Lipinski definition) is 0. The molecule has 1 aliphatic heterocycles. The third-order valence-corrected chi connectivity index (χ3v) is 8.03. The summed E-state index contributed by atoms with van der Waals surface area (Å²) in [6.07, 6.45) is 1.70. The second-order valence-electron chi connectivity index (χ2n) is 7.23. The van der Waals surface area contributed by atoms with Crippen molar-refractivity contribution in [1.29, 1.82) is 0 Å². The minimum Gasteiger partial charge on any atom is -0.486 e. The van der Waals surface area contributed by atoms with Crippen LogP contribution in [0.2, 0.25) is 10.0 Å². The summed E-state index contributed by atoms with van der Waals surface area (Å²) in [7, 11) is 0. The van der Waals surface area contributed by atoms with Gasteiger partial charge in [0.25, 0.3) is 11.1 Å². The smallest absolute Gasteiger partial charge is 0.293 e. The number of ether oxygens (including phenoxy) is 1. The molecule has 3 aromatic carbocycles. The van der Waals surface area contributed by atoms with Gasteiger partial charge in [-0.25, -0.2) is 0 Å². The summed E-state index contributed by atoms with van der Waals surface area (Å²) in [5.74, 6) is 0.273.